The van der Waals surface area contributed by atoms with Gasteiger partial charge in [-0.15, -0.1) is 0 Å². The quantitative estimate of drug-likeness (QED) is 0.752. The number of hydrogen-bond acceptors (Lipinski definition) is 1. The lowest BCUT2D eigenvalue weighted by molar-refractivity contribution is 0.795. The Balaban J connectivity index is 2.81. The van der Waals surface area contributed by atoms with Crippen LogP contribution in [-0.2, 0) is 14.1 Å². The first kappa shape index (κ1) is 12.9. The van der Waals surface area contributed by atoms with Crippen LogP contribution in [0.4, 0.5) is 0 Å². The Morgan fingerprint density at radius 1 is 1.24 bits per heavy atom. The van der Waals surface area contributed by atoms with E-state index in [2.05, 4.69) is 44.8 Å². The Morgan fingerprint density at radius 2 is 1.76 bits per heavy atom. The lowest BCUT2D eigenvalue weighted by atomic mass is 10.1. The van der Waals surface area contributed by atoms with Crippen LogP contribution in [0.3, 0.4) is 0 Å². The van der Waals surface area contributed by atoms with Gasteiger partial charge in [0.2, 0.25) is 0 Å². The van der Waals surface area contributed by atoms with Gasteiger partial charge in [0.15, 0.2) is 0 Å². The summed E-state index contributed by atoms with van der Waals surface area (Å²) in [5.74, 6) is 0. The van der Waals surface area contributed by atoms with Crippen molar-refractivity contribution >= 4 is 42.9 Å². The van der Waals surface area contributed by atoms with E-state index in [-0.39, 0.29) is 5.69 Å². The average Bonchev–Trinajstić information content (AvgIpc) is 2.53. The minimum atomic E-state index is 0.00618. The number of halogens is 2. The molecule has 5 heteroatoms. The van der Waals surface area contributed by atoms with Crippen LogP contribution in [0.25, 0.3) is 11.0 Å². The van der Waals surface area contributed by atoms with E-state index in [1.54, 1.807) is 23.2 Å². The van der Waals surface area contributed by atoms with Crippen LogP contribution in [0, 0.1) is 0 Å². The van der Waals surface area contributed by atoms with Gasteiger partial charge in [-0.1, -0.05) is 38.8 Å². The molecule has 2 rings (SSSR count). The van der Waals surface area contributed by atoms with E-state index in [1.165, 1.54) is 5.56 Å². The molecule has 0 aliphatic carbocycles. The number of fused-ring (bicyclic) bond motifs is 1. The Morgan fingerprint density at radius 3 is 2.29 bits per heavy atom. The number of rotatable bonds is 2. The van der Waals surface area contributed by atoms with Crippen molar-refractivity contribution < 1.29 is 0 Å². The summed E-state index contributed by atoms with van der Waals surface area (Å²) in [5, 5.41) is 0. The predicted octanol–water partition coefficient (Wildman–Crippen LogP) is 3.49. The normalized spacial score (nSPS) is 13.2. The van der Waals surface area contributed by atoms with E-state index in [1.807, 2.05) is 6.07 Å². The van der Waals surface area contributed by atoms with E-state index in [0.717, 1.165) is 21.9 Å². The Hall–Kier alpha value is -0.550. The van der Waals surface area contributed by atoms with E-state index in [9.17, 15) is 4.79 Å². The van der Waals surface area contributed by atoms with Gasteiger partial charge in [-0.25, -0.2) is 4.79 Å². The van der Waals surface area contributed by atoms with Crippen LogP contribution in [-0.4, -0.2) is 9.13 Å². The molecule has 1 heterocycles. The Labute approximate surface area is 117 Å². The van der Waals surface area contributed by atoms with Crippen LogP contribution < -0.4 is 5.69 Å². The molecule has 0 aliphatic heterocycles. The fourth-order valence-electron chi connectivity index (χ4n) is 2.00. The molecule has 0 saturated heterocycles. The lowest BCUT2D eigenvalue weighted by Gasteiger charge is -2.10. The maximum absolute atomic E-state index is 11.8. The van der Waals surface area contributed by atoms with E-state index >= 15 is 0 Å². The summed E-state index contributed by atoms with van der Waals surface area (Å²) in [5.41, 5.74) is 3.10. The summed E-state index contributed by atoms with van der Waals surface area (Å²) in [6.45, 7) is 2.13. The van der Waals surface area contributed by atoms with Crippen molar-refractivity contribution in [3.05, 3.63) is 32.7 Å². The molecule has 1 aromatic carbocycles. The Bertz CT molecular complexity index is 627. The summed E-state index contributed by atoms with van der Waals surface area (Å²) in [7, 11) is 3.60. The minimum absolute atomic E-state index is 0.00618. The second kappa shape index (κ2) is 4.61. The molecular weight excluding hydrogens is 348 g/mol. The number of alkyl halides is 1. The molecule has 17 heavy (non-hydrogen) atoms. The number of nitrogens with zero attached hydrogens (tertiary/aromatic N) is 2. The SMILES string of the molecule is CCC(Br)c1cc2c(cc1Br)n(C)c(=O)n2C. The second-order valence-corrected chi connectivity index (χ2v) is 6.10. The monoisotopic (exact) mass is 360 g/mol. The number of aromatic nitrogens is 2. The fraction of sp³-hybridized carbons (Fsp3) is 0.417. The average molecular weight is 362 g/mol. The molecule has 0 saturated carbocycles. The summed E-state index contributed by atoms with van der Waals surface area (Å²) in [6.07, 6.45) is 1.00. The number of benzene rings is 1. The zero-order chi connectivity index (χ0) is 12.7. The molecule has 0 spiro atoms. The van der Waals surface area contributed by atoms with Gasteiger partial charge >= 0.3 is 5.69 Å². The Kier molecular flexibility index (Phi) is 3.50. The number of aryl methyl sites for hydroxylation is 2. The largest absolute Gasteiger partial charge is 0.328 e. The highest BCUT2D eigenvalue weighted by Crippen LogP contribution is 2.34. The molecule has 92 valence electrons. The van der Waals surface area contributed by atoms with Gasteiger partial charge in [-0.3, -0.25) is 9.13 Å². The van der Waals surface area contributed by atoms with Crippen molar-refractivity contribution in [2.24, 2.45) is 14.1 Å². The fourth-order valence-corrected chi connectivity index (χ4v) is 3.29. The first-order chi connectivity index (χ1) is 7.97. The molecule has 0 radical (unpaired) electrons. The minimum Gasteiger partial charge on any atom is -0.295 e. The molecule has 3 nitrogen and oxygen atoms in total. The van der Waals surface area contributed by atoms with Crippen LogP contribution >= 0.6 is 31.9 Å². The van der Waals surface area contributed by atoms with Gasteiger partial charge in [0.1, 0.15) is 0 Å². The molecule has 1 unspecified atom stereocenters. The number of hydrogen-bond donors (Lipinski definition) is 0. The zero-order valence-electron chi connectivity index (χ0n) is 10.00. The van der Waals surface area contributed by atoms with Crippen LogP contribution in [0.15, 0.2) is 21.4 Å². The predicted molar refractivity (Wildman–Crippen MR) is 77.8 cm³/mol. The highest BCUT2D eigenvalue weighted by Gasteiger charge is 2.14. The molecule has 2 aromatic rings. The first-order valence-electron chi connectivity index (χ1n) is 5.46. The standard InChI is InChI=1S/C12H14Br2N2O/c1-4-8(13)7-5-10-11(6-9(7)14)16(3)12(17)15(10)2/h5-6,8H,4H2,1-3H3. The van der Waals surface area contributed by atoms with Gasteiger partial charge in [-0.2, -0.15) is 0 Å². The molecule has 0 N–H and O–H groups in total. The maximum atomic E-state index is 11.8. The van der Waals surface area contributed by atoms with Crippen molar-refractivity contribution in [3.63, 3.8) is 0 Å². The zero-order valence-corrected chi connectivity index (χ0v) is 13.2. The smallest absolute Gasteiger partial charge is 0.295 e. The van der Waals surface area contributed by atoms with Crippen LogP contribution in [0.1, 0.15) is 23.7 Å². The van der Waals surface area contributed by atoms with E-state index < -0.39 is 0 Å². The summed E-state index contributed by atoms with van der Waals surface area (Å²) in [4.78, 5) is 12.2. The maximum Gasteiger partial charge on any atom is 0.328 e. The molecule has 1 aromatic heterocycles. The molecule has 0 bridgehead atoms. The summed E-state index contributed by atoms with van der Waals surface area (Å²) < 4.78 is 4.38. The van der Waals surface area contributed by atoms with Gasteiger partial charge in [-0.05, 0) is 24.1 Å². The van der Waals surface area contributed by atoms with E-state index in [0.29, 0.717) is 4.83 Å². The van der Waals surface area contributed by atoms with Gasteiger partial charge in [0.05, 0.1) is 11.0 Å². The summed E-state index contributed by atoms with van der Waals surface area (Å²) in [6, 6.07) is 4.08. The third-order valence-electron chi connectivity index (χ3n) is 3.09. The topological polar surface area (TPSA) is 26.9 Å². The van der Waals surface area contributed by atoms with Crippen LogP contribution in [0.2, 0.25) is 0 Å². The van der Waals surface area contributed by atoms with Crippen LogP contribution in [0.5, 0.6) is 0 Å². The molecule has 0 fully saturated rings. The molecule has 0 aliphatic rings. The highest BCUT2D eigenvalue weighted by molar-refractivity contribution is 9.11. The third kappa shape index (κ3) is 1.99. The number of imidazole rings is 1. The third-order valence-corrected chi connectivity index (χ3v) is 4.91. The molecular formula is C12H14Br2N2O. The second-order valence-electron chi connectivity index (χ2n) is 4.14. The van der Waals surface area contributed by atoms with Crippen molar-refractivity contribution in [3.8, 4) is 0 Å². The van der Waals surface area contributed by atoms with Gasteiger partial charge < -0.3 is 0 Å². The summed E-state index contributed by atoms with van der Waals surface area (Å²) >= 11 is 7.22. The molecule has 1 atom stereocenters. The van der Waals surface area contributed by atoms with Gasteiger partial charge in [0.25, 0.3) is 0 Å². The highest BCUT2D eigenvalue weighted by atomic mass is 79.9. The first-order valence-corrected chi connectivity index (χ1v) is 7.17. The van der Waals surface area contributed by atoms with Crippen molar-refractivity contribution in [1.82, 2.24) is 9.13 Å². The lowest BCUT2D eigenvalue weighted by Crippen LogP contribution is -2.19. The van der Waals surface area contributed by atoms with Crippen molar-refractivity contribution in [2.45, 2.75) is 18.2 Å². The van der Waals surface area contributed by atoms with E-state index in [4.69, 9.17) is 0 Å². The van der Waals surface area contributed by atoms with Crippen molar-refractivity contribution in [1.29, 1.82) is 0 Å². The molecule has 0 amide bonds. The van der Waals surface area contributed by atoms with Crippen molar-refractivity contribution in [2.75, 3.05) is 0 Å². The van der Waals surface area contributed by atoms with Gasteiger partial charge in [0, 0.05) is 23.4 Å².